The number of ketones is 1. The van der Waals surface area contributed by atoms with Crippen LogP contribution >= 0.6 is 0 Å². The van der Waals surface area contributed by atoms with Crippen molar-refractivity contribution in [3.63, 3.8) is 0 Å². The highest BCUT2D eigenvalue weighted by molar-refractivity contribution is 6.01. The smallest absolute Gasteiger partial charge is 0.178 e. The van der Waals surface area contributed by atoms with Gasteiger partial charge in [0.25, 0.3) is 0 Å². The Morgan fingerprint density at radius 2 is 1.95 bits per heavy atom. The number of hydrogen-bond acceptors (Lipinski definition) is 2. The Labute approximate surface area is 133 Å². The van der Waals surface area contributed by atoms with Gasteiger partial charge >= 0.3 is 0 Å². The number of aliphatic hydroxyl groups is 1. The molecule has 4 aliphatic carbocycles. The summed E-state index contributed by atoms with van der Waals surface area (Å²) in [5.74, 6) is 2.65. The molecule has 0 aromatic carbocycles. The summed E-state index contributed by atoms with van der Waals surface area (Å²) in [6.45, 7) is 6.97. The molecule has 0 aromatic rings. The lowest BCUT2D eigenvalue weighted by Crippen LogP contribution is -2.52. The molecule has 120 valence electrons. The van der Waals surface area contributed by atoms with E-state index in [1.165, 1.54) is 24.8 Å². The molecule has 0 aliphatic heterocycles. The van der Waals surface area contributed by atoms with Crippen molar-refractivity contribution in [2.45, 2.75) is 59.0 Å². The molecule has 1 N–H and O–H groups in total. The molecule has 0 radical (unpaired) electrons. The van der Waals surface area contributed by atoms with Crippen LogP contribution in [-0.2, 0) is 4.79 Å². The third kappa shape index (κ3) is 1.73. The fraction of sp³-hybridized carbons (Fsp3) is 0.750. The second-order valence-corrected chi connectivity index (χ2v) is 8.77. The molecule has 0 heterocycles. The molecule has 2 nitrogen and oxygen atoms in total. The Morgan fingerprint density at radius 3 is 2.73 bits per heavy atom. The standard InChI is InChI=1S/C20H28O2/c1-12-10-14-15-4-5-18(22)20(15,3)9-7-16(14)19(2)8-6-13(21)11-17(12)19/h6,8,11-12,14-16,18,22H,4-5,7,9-10H2,1-3H3. The zero-order chi connectivity index (χ0) is 15.7. The van der Waals surface area contributed by atoms with E-state index in [2.05, 4.69) is 26.8 Å². The second kappa shape index (κ2) is 4.56. The molecule has 0 bridgehead atoms. The SMILES string of the molecule is CC1CC2C(CCC3(C)C(O)CCC23)C2(C)C=CC(=O)C=C12. The molecule has 3 fully saturated rings. The zero-order valence-electron chi connectivity index (χ0n) is 14.0. The first-order valence-electron chi connectivity index (χ1n) is 8.99. The molecule has 22 heavy (non-hydrogen) atoms. The first-order valence-corrected chi connectivity index (χ1v) is 8.99. The Hall–Kier alpha value is -0.890. The van der Waals surface area contributed by atoms with E-state index in [1.807, 2.05) is 6.08 Å². The average molecular weight is 300 g/mol. The van der Waals surface area contributed by atoms with Gasteiger partial charge in [-0.25, -0.2) is 0 Å². The lowest BCUT2D eigenvalue weighted by atomic mass is 9.47. The summed E-state index contributed by atoms with van der Waals surface area (Å²) >= 11 is 0. The van der Waals surface area contributed by atoms with E-state index in [9.17, 15) is 9.90 Å². The van der Waals surface area contributed by atoms with Gasteiger partial charge in [-0.2, -0.15) is 0 Å². The molecule has 4 rings (SSSR count). The Kier molecular flexibility index (Phi) is 3.05. The van der Waals surface area contributed by atoms with Crippen molar-refractivity contribution in [1.82, 2.24) is 0 Å². The summed E-state index contributed by atoms with van der Waals surface area (Å²) < 4.78 is 0. The molecule has 3 saturated carbocycles. The summed E-state index contributed by atoms with van der Waals surface area (Å²) in [6, 6.07) is 0. The van der Waals surface area contributed by atoms with Gasteiger partial charge in [0.2, 0.25) is 0 Å². The predicted molar refractivity (Wildman–Crippen MR) is 87.2 cm³/mol. The highest BCUT2D eigenvalue weighted by Gasteiger charge is 2.59. The summed E-state index contributed by atoms with van der Waals surface area (Å²) in [4.78, 5) is 11.8. The minimum absolute atomic E-state index is 0.0606. The van der Waals surface area contributed by atoms with E-state index in [4.69, 9.17) is 0 Å². The van der Waals surface area contributed by atoms with Crippen LogP contribution in [0.5, 0.6) is 0 Å². The monoisotopic (exact) mass is 300 g/mol. The maximum absolute atomic E-state index is 11.8. The minimum atomic E-state index is -0.109. The van der Waals surface area contributed by atoms with Gasteiger partial charge in [0, 0.05) is 5.41 Å². The molecule has 7 atom stereocenters. The molecule has 4 aliphatic rings. The Morgan fingerprint density at radius 1 is 1.18 bits per heavy atom. The van der Waals surface area contributed by atoms with Crippen LogP contribution in [0.4, 0.5) is 0 Å². The van der Waals surface area contributed by atoms with Crippen molar-refractivity contribution in [3.8, 4) is 0 Å². The third-order valence-electron chi connectivity index (χ3n) is 7.83. The minimum Gasteiger partial charge on any atom is -0.393 e. The molecular weight excluding hydrogens is 272 g/mol. The largest absolute Gasteiger partial charge is 0.393 e. The lowest BCUT2D eigenvalue weighted by Gasteiger charge is -2.58. The highest BCUT2D eigenvalue weighted by atomic mass is 16.3. The van der Waals surface area contributed by atoms with Crippen LogP contribution in [0.15, 0.2) is 23.8 Å². The average Bonchev–Trinajstić information content (AvgIpc) is 2.77. The molecule has 0 saturated heterocycles. The van der Waals surface area contributed by atoms with Gasteiger partial charge in [0.05, 0.1) is 6.10 Å². The number of allylic oxidation sites excluding steroid dienone is 4. The van der Waals surface area contributed by atoms with Crippen LogP contribution in [0.25, 0.3) is 0 Å². The van der Waals surface area contributed by atoms with E-state index in [0.29, 0.717) is 23.7 Å². The van der Waals surface area contributed by atoms with Crippen molar-refractivity contribution in [1.29, 1.82) is 0 Å². The van der Waals surface area contributed by atoms with Gasteiger partial charge in [-0.3, -0.25) is 4.79 Å². The number of fused-ring (bicyclic) bond motifs is 5. The first-order chi connectivity index (χ1) is 10.4. The van der Waals surface area contributed by atoms with Gasteiger partial charge in [0.1, 0.15) is 0 Å². The van der Waals surface area contributed by atoms with Crippen LogP contribution in [0.2, 0.25) is 0 Å². The molecule has 2 heteroatoms. The topological polar surface area (TPSA) is 37.3 Å². The van der Waals surface area contributed by atoms with E-state index in [0.717, 1.165) is 12.8 Å². The van der Waals surface area contributed by atoms with E-state index in [-0.39, 0.29) is 22.7 Å². The van der Waals surface area contributed by atoms with Crippen molar-refractivity contribution >= 4 is 5.78 Å². The summed E-state index contributed by atoms with van der Waals surface area (Å²) in [5.41, 5.74) is 1.56. The number of carbonyl (C=O) groups is 1. The first kappa shape index (κ1) is 14.7. The van der Waals surface area contributed by atoms with Crippen molar-refractivity contribution < 1.29 is 9.90 Å². The molecule has 0 aromatic heterocycles. The van der Waals surface area contributed by atoms with Crippen molar-refractivity contribution in [2.24, 2.45) is 34.5 Å². The zero-order valence-corrected chi connectivity index (χ0v) is 14.0. The normalized spacial score (nSPS) is 53.5. The lowest BCUT2D eigenvalue weighted by molar-refractivity contribution is -0.111. The Bertz CT molecular complexity index is 574. The summed E-state index contributed by atoms with van der Waals surface area (Å²) in [7, 11) is 0. The van der Waals surface area contributed by atoms with Crippen molar-refractivity contribution in [3.05, 3.63) is 23.8 Å². The van der Waals surface area contributed by atoms with Gasteiger partial charge in [0.15, 0.2) is 5.78 Å². The fourth-order valence-electron chi connectivity index (χ4n) is 6.59. The number of carbonyl (C=O) groups excluding carboxylic acids is 1. The molecule has 0 amide bonds. The second-order valence-electron chi connectivity index (χ2n) is 8.77. The Balaban J connectivity index is 1.74. The number of rotatable bonds is 0. The maximum atomic E-state index is 11.8. The van der Waals surface area contributed by atoms with E-state index >= 15 is 0 Å². The fourth-order valence-corrected chi connectivity index (χ4v) is 6.59. The molecular formula is C20H28O2. The number of aliphatic hydroxyl groups excluding tert-OH is 1. The summed E-state index contributed by atoms with van der Waals surface area (Å²) in [5, 5.41) is 10.5. The van der Waals surface area contributed by atoms with Gasteiger partial charge in [-0.15, -0.1) is 0 Å². The molecule has 0 spiro atoms. The van der Waals surface area contributed by atoms with E-state index < -0.39 is 0 Å². The van der Waals surface area contributed by atoms with Crippen LogP contribution < -0.4 is 0 Å². The van der Waals surface area contributed by atoms with E-state index in [1.54, 1.807) is 6.08 Å². The van der Waals surface area contributed by atoms with Crippen LogP contribution in [0.1, 0.15) is 52.9 Å². The van der Waals surface area contributed by atoms with Crippen LogP contribution in [0.3, 0.4) is 0 Å². The van der Waals surface area contributed by atoms with Gasteiger partial charge in [-0.1, -0.05) is 32.4 Å². The summed E-state index contributed by atoms with van der Waals surface area (Å²) in [6.07, 6.45) is 11.5. The van der Waals surface area contributed by atoms with Gasteiger partial charge in [-0.05, 0) is 73.3 Å². The van der Waals surface area contributed by atoms with Crippen molar-refractivity contribution in [2.75, 3.05) is 0 Å². The maximum Gasteiger partial charge on any atom is 0.178 e. The third-order valence-corrected chi connectivity index (χ3v) is 7.83. The number of hydrogen-bond donors (Lipinski definition) is 1. The van der Waals surface area contributed by atoms with Crippen LogP contribution in [0, 0.1) is 34.5 Å². The quantitative estimate of drug-likeness (QED) is 0.736. The van der Waals surface area contributed by atoms with Gasteiger partial charge < -0.3 is 5.11 Å². The molecule has 7 unspecified atom stereocenters. The van der Waals surface area contributed by atoms with Crippen LogP contribution in [-0.4, -0.2) is 17.0 Å². The highest BCUT2D eigenvalue weighted by Crippen LogP contribution is 2.65. The predicted octanol–water partition coefficient (Wildman–Crippen LogP) is 3.90.